The first kappa shape index (κ1) is 9.34. The summed E-state index contributed by atoms with van der Waals surface area (Å²) in [6, 6.07) is 5.50. The molecule has 2 atom stereocenters. The highest BCUT2D eigenvalue weighted by molar-refractivity contribution is 5.43. The fourth-order valence-corrected chi connectivity index (χ4v) is 1.63. The monoisotopic (exact) mass is 194 g/mol. The van der Waals surface area contributed by atoms with Crippen LogP contribution in [0.1, 0.15) is 18.6 Å². The van der Waals surface area contributed by atoms with Crippen molar-refractivity contribution in [2.45, 2.75) is 13.0 Å². The molecule has 0 aromatic heterocycles. The number of hydrogen-bond donors (Lipinski definition) is 1. The lowest BCUT2D eigenvalue weighted by atomic mass is 9.95. The standard InChI is InChI=1S/C11H14O3/c1-7-6-14-10-5-8(13-2)3-4-9(10)11(7)12/h3-5,7,11-12H,6H2,1-2H3. The molecule has 76 valence electrons. The average molecular weight is 194 g/mol. The van der Waals surface area contributed by atoms with E-state index in [2.05, 4.69) is 0 Å². The van der Waals surface area contributed by atoms with E-state index in [4.69, 9.17) is 9.47 Å². The molecule has 3 heteroatoms. The van der Waals surface area contributed by atoms with Crippen molar-refractivity contribution in [2.75, 3.05) is 13.7 Å². The topological polar surface area (TPSA) is 38.7 Å². The number of methoxy groups -OCH3 is 1. The van der Waals surface area contributed by atoms with Crippen LogP contribution >= 0.6 is 0 Å². The molecule has 3 nitrogen and oxygen atoms in total. The Hall–Kier alpha value is -1.22. The molecule has 2 unspecified atom stereocenters. The summed E-state index contributed by atoms with van der Waals surface area (Å²) >= 11 is 0. The number of ether oxygens (including phenoxy) is 2. The molecule has 0 amide bonds. The van der Waals surface area contributed by atoms with Gasteiger partial charge in [-0.25, -0.2) is 0 Å². The highest BCUT2D eigenvalue weighted by atomic mass is 16.5. The molecule has 1 aliphatic rings. The van der Waals surface area contributed by atoms with Crippen molar-refractivity contribution >= 4 is 0 Å². The number of fused-ring (bicyclic) bond motifs is 1. The minimum Gasteiger partial charge on any atom is -0.497 e. The molecule has 0 radical (unpaired) electrons. The maximum Gasteiger partial charge on any atom is 0.128 e. The van der Waals surface area contributed by atoms with Gasteiger partial charge in [0.1, 0.15) is 11.5 Å². The van der Waals surface area contributed by atoms with E-state index < -0.39 is 6.10 Å². The van der Waals surface area contributed by atoms with Crippen molar-refractivity contribution in [3.8, 4) is 11.5 Å². The molecule has 1 N–H and O–H groups in total. The second-order valence-corrected chi connectivity index (χ2v) is 3.64. The van der Waals surface area contributed by atoms with Gasteiger partial charge in [0.05, 0.1) is 19.8 Å². The summed E-state index contributed by atoms with van der Waals surface area (Å²) in [5.74, 6) is 1.64. The van der Waals surface area contributed by atoms with E-state index in [1.807, 2.05) is 25.1 Å². The Bertz CT molecular complexity index is 335. The lowest BCUT2D eigenvalue weighted by Crippen LogP contribution is -2.23. The van der Waals surface area contributed by atoms with E-state index in [-0.39, 0.29) is 5.92 Å². The van der Waals surface area contributed by atoms with Gasteiger partial charge in [-0.15, -0.1) is 0 Å². The number of hydrogen-bond acceptors (Lipinski definition) is 3. The van der Waals surface area contributed by atoms with Crippen LogP contribution in [0, 0.1) is 5.92 Å². The molecular formula is C11H14O3. The fraction of sp³-hybridized carbons (Fsp3) is 0.455. The van der Waals surface area contributed by atoms with Crippen molar-refractivity contribution < 1.29 is 14.6 Å². The zero-order chi connectivity index (χ0) is 10.1. The van der Waals surface area contributed by atoms with Gasteiger partial charge in [-0.05, 0) is 12.1 Å². The van der Waals surface area contributed by atoms with Crippen LogP contribution in [0.5, 0.6) is 11.5 Å². The molecule has 1 heterocycles. The van der Waals surface area contributed by atoms with Crippen LogP contribution in [0.2, 0.25) is 0 Å². The van der Waals surface area contributed by atoms with Crippen LogP contribution in [-0.4, -0.2) is 18.8 Å². The minimum absolute atomic E-state index is 0.149. The Balaban J connectivity index is 2.38. The minimum atomic E-state index is -0.426. The molecule has 0 aliphatic carbocycles. The maximum absolute atomic E-state index is 9.87. The first-order valence-corrected chi connectivity index (χ1v) is 4.71. The summed E-state index contributed by atoms with van der Waals surface area (Å²) in [6.07, 6.45) is -0.426. The van der Waals surface area contributed by atoms with E-state index in [0.717, 1.165) is 17.1 Å². The molecule has 0 saturated carbocycles. The molecule has 14 heavy (non-hydrogen) atoms. The fourth-order valence-electron chi connectivity index (χ4n) is 1.63. The van der Waals surface area contributed by atoms with Gasteiger partial charge in [0.15, 0.2) is 0 Å². The lowest BCUT2D eigenvalue weighted by Gasteiger charge is -2.27. The maximum atomic E-state index is 9.87. The van der Waals surface area contributed by atoms with Gasteiger partial charge < -0.3 is 14.6 Å². The number of aliphatic hydroxyl groups excluding tert-OH is 1. The highest BCUT2D eigenvalue weighted by Gasteiger charge is 2.25. The van der Waals surface area contributed by atoms with Crippen molar-refractivity contribution in [2.24, 2.45) is 5.92 Å². The summed E-state index contributed by atoms with van der Waals surface area (Å²) < 4.78 is 10.6. The number of benzene rings is 1. The Morgan fingerprint density at radius 2 is 2.29 bits per heavy atom. The van der Waals surface area contributed by atoms with Crippen molar-refractivity contribution in [1.29, 1.82) is 0 Å². The van der Waals surface area contributed by atoms with Gasteiger partial charge in [-0.1, -0.05) is 6.92 Å². The average Bonchev–Trinajstić information content (AvgIpc) is 2.23. The molecule has 0 bridgehead atoms. The summed E-state index contributed by atoms with van der Waals surface area (Å²) in [5, 5.41) is 9.87. The van der Waals surface area contributed by atoms with Gasteiger partial charge in [0.25, 0.3) is 0 Å². The Morgan fingerprint density at radius 3 is 3.00 bits per heavy atom. The van der Waals surface area contributed by atoms with E-state index in [0.29, 0.717) is 6.61 Å². The third-order valence-corrected chi connectivity index (χ3v) is 2.58. The van der Waals surface area contributed by atoms with E-state index in [9.17, 15) is 5.11 Å². The summed E-state index contributed by atoms with van der Waals surface area (Å²) in [5.41, 5.74) is 0.851. The van der Waals surface area contributed by atoms with Gasteiger partial charge in [0.2, 0.25) is 0 Å². The van der Waals surface area contributed by atoms with Crippen LogP contribution < -0.4 is 9.47 Å². The second kappa shape index (κ2) is 3.50. The quantitative estimate of drug-likeness (QED) is 0.740. The lowest BCUT2D eigenvalue weighted by molar-refractivity contribution is 0.0602. The molecule has 1 aromatic rings. The number of rotatable bonds is 1. The first-order chi connectivity index (χ1) is 6.72. The van der Waals surface area contributed by atoms with Crippen LogP contribution in [-0.2, 0) is 0 Å². The first-order valence-electron chi connectivity index (χ1n) is 4.71. The summed E-state index contributed by atoms with van der Waals surface area (Å²) in [7, 11) is 1.61. The van der Waals surface area contributed by atoms with Gasteiger partial charge >= 0.3 is 0 Å². The Kier molecular flexibility index (Phi) is 2.33. The van der Waals surface area contributed by atoms with Crippen molar-refractivity contribution in [3.63, 3.8) is 0 Å². The van der Waals surface area contributed by atoms with Crippen molar-refractivity contribution in [1.82, 2.24) is 0 Å². The van der Waals surface area contributed by atoms with E-state index >= 15 is 0 Å². The van der Waals surface area contributed by atoms with Crippen molar-refractivity contribution in [3.05, 3.63) is 23.8 Å². The molecule has 0 spiro atoms. The van der Waals surface area contributed by atoms with E-state index in [1.54, 1.807) is 7.11 Å². The number of aliphatic hydroxyl groups is 1. The van der Waals surface area contributed by atoms with Crippen LogP contribution in [0.4, 0.5) is 0 Å². The van der Waals surface area contributed by atoms with E-state index in [1.165, 1.54) is 0 Å². The predicted octanol–water partition coefficient (Wildman–Crippen LogP) is 1.76. The molecule has 0 saturated heterocycles. The van der Waals surface area contributed by atoms with Crippen LogP contribution in [0.25, 0.3) is 0 Å². The zero-order valence-electron chi connectivity index (χ0n) is 8.36. The zero-order valence-corrected chi connectivity index (χ0v) is 8.36. The SMILES string of the molecule is COc1ccc2c(c1)OCC(C)C2O. The van der Waals surface area contributed by atoms with Gasteiger partial charge in [-0.3, -0.25) is 0 Å². The smallest absolute Gasteiger partial charge is 0.128 e. The van der Waals surface area contributed by atoms with Crippen LogP contribution in [0.15, 0.2) is 18.2 Å². The van der Waals surface area contributed by atoms with Gasteiger partial charge in [0, 0.05) is 17.5 Å². The normalized spacial score (nSPS) is 25.1. The third-order valence-electron chi connectivity index (χ3n) is 2.58. The predicted molar refractivity (Wildman–Crippen MR) is 52.6 cm³/mol. The molecule has 2 rings (SSSR count). The summed E-state index contributed by atoms with van der Waals surface area (Å²) in [6.45, 7) is 2.53. The highest BCUT2D eigenvalue weighted by Crippen LogP contribution is 2.37. The molecular weight excluding hydrogens is 180 g/mol. The Morgan fingerprint density at radius 1 is 1.50 bits per heavy atom. The summed E-state index contributed by atoms with van der Waals surface area (Å²) in [4.78, 5) is 0. The molecule has 0 fully saturated rings. The second-order valence-electron chi connectivity index (χ2n) is 3.64. The largest absolute Gasteiger partial charge is 0.497 e. The van der Waals surface area contributed by atoms with Crippen LogP contribution in [0.3, 0.4) is 0 Å². The molecule has 1 aromatic carbocycles. The third kappa shape index (κ3) is 1.44. The molecule has 1 aliphatic heterocycles. The van der Waals surface area contributed by atoms with Gasteiger partial charge in [-0.2, -0.15) is 0 Å². The Labute approximate surface area is 83.3 Å².